The van der Waals surface area contributed by atoms with E-state index in [0.29, 0.717) is 10.9 Å². The van der Waals surface area contributed by atoms with Crippen molar-refractivity contribution in [3.8, 4) is 0 Å². The Kier molecular flexibility index (Phi) is 5.59. The summed E-state index contributed by atoms with van der Waals surface area (Å²) in [5, 5.41) is 2.90. The average molecular weight is 369 g/mol. The van der Waals surface area contributed by atoms with Crippen molar-refractivity contribution < 1.29 is 18.7 Å². The van der Waals surface area contributed by atoms with Gasteiger partial charge < -0.3 is 10.1 Å². The van der Waals surface area contributed by atoms with Crippen LogP contribution in [0, 0.1) is 11.7 Å². The second-order valence-electron chi connectivity index (χ2n) is 6.73. The van der Waals surface area contributed by atoms with Crippen LogP contribution in [0.25, 0.3) is 0 Å². The van der Waals surface area contributed by atoms with Crippen molar-refractivity contribution in [3.05, 3.63) is 29.0 Å². The predicted octanol–water partition coefficient (Wildman–Crippen LogP) is 3.22. The predicted molar refractivity (Wildman–Crippen MR) is 92.9 cm³/mol. The van der Waals surface area contributed by atoms with E-state index in [2.05, 4.69) is 5.32 Å². The van der Waals surface area contributed by atoms with E-state index in [1.54, 1.807) is 0 Å². The van der Waals surface area contributed by atoms with Crippen LogP contribution < -0.4 is 5.32 Å². The first-order valence-electron chi connectivity index (χ1n) is 8.58. The summed E-state index contributed by atoms with van der Waals surface area (Å²) in [5.74, 6) is -0.801. The fraction of sp³-hybridized carbons (Fsp3) is 0.556. The maximum atomic E-state index is 13.8. The number of nitrogens with zero attached hydrogens (tertiary/aromatic N) is 1. The van der Waals surface area contributed by atoms with E-state index < -0.39 is 11.9 Å². The number of likely N-dealkylation sites (tertiary alicyclic amines) is 1. The molecule has 2 aliphatic rings. The van der Waals surface area contributed by atoms with Crippen molar-refractivity contribution >= 4 is 29.2 Å². The number of fused-ring (bicyclic) bond motifs is 1. The van der Waals surface area contributed by atoms with Crippen LogP contribution in [0.15, 0.2) is 18.2 Å². The third-order valence-corrected chi connectivity index (χ3v) is 5.46. The standard InChI is InChI=1S/C18H22ClFN2O3/c1-25-18(24)16-8-11-4-2-3-5-15(11)22(16)10-17(23)21-14-9-12(19)6-7-13(14)20/h6-7,9,11,15-16H,2-5,8,10H2,1H3,(H,21,23)/t11-,15+,16-/m0/s1. The largest absolute Gasteiger partial charge is 0.468 e. The molecule has 1 aromatic rings. The van der Waals surface area contributed by atoms with Gasteiger partial charge in [0.15, 0.2) is 0 Å². The van der Waals surface area contributed by atoms with E-state index >= 15 is 0 Å². The number of methoxy groups -OCH3 is 1. The van der Waals surface area contributed by atoms with Gasteiger partial charge in [0.1, 0.15) is 11.9 Å². The highest BCUT2D eigenvalue weighted by Crippen LogP contribution is 2.39. The highest BCUT2D eigenvalue weighted by atomic mass is 35.5. The molecule has 0 aromatic heterocycles. The van der Waals surface area contributed by atoms with Crippen molar-refractivity contribution in [2.45, 2.75) is 44.2 Å². The Labute approximate surface area is 151 Å². The van der Waals surface area contributed by atoms with Crippen LogP contribution >= 0.6 is 11.6 Å². The fourth-order valence-electron chi connectivity index (χ4n) is 4.10. The molecular formula is C18H22ClFN2O3. The van der Waals surface area contributed by atoms with Gasteiger partial charge in [-0.2, -0.15) is 0 Å². The lowest BCUT2D eigenvalue weighted by atomic mass is 9.85. The summed E-state index contributed by atoms with van der Waals surface area (Å²) in [6, 6.07) is 3.80. The maximum Gasteiger partial charge on any atom is 0.323 e. The number of nitrogens with one attached hydrogen (secondary N) is 1. The lowest BCUT2D eigenvalue weighted by Gasteiger charge is -2.32. The molecule has 1 heterocycles. The fourth-order valence-corrected chi connectivity index (χ4v) is 4.27. The molecule has 0 bridgehead atoms. The Morgan fingerprint density at radius 3 is 2.88 bits per heavy atom. The van der Waals surface area contributed by atoms with Crippen LogP contribution in [-0.2, 0) is 14.3 Å². The molecule has 2 fully saturated rings. The van der Waals surface area contributed by atoms with Gasteiger partial charge in [0.25, 0.3) is 0 Å². The zero-order valence-electron chi connectivity index (χ0n) is 14.1. The van der Waals surface area contributed by atoms with Gasteiger partial charge in [0.2, 0.25) is 5.91 Å². The van der Waals surface area contributed by atoms with Gasteiger partial charge in [-0.05, 0) is 43.4 Å². The van der Waals surface area contributed by atoms with Gasteiger partial charge in [-0.25, -0.2) is 4.39 Å². The molecule has 0 unspecified atom stereocenters. The molecule has 3 atom stereocenters. The van der Waals surface area contributed by atoms with E-state index in [4.69, 9.17) is 16.3 Å². The normalized spacial score (nSPS) is 26.1. The Morgan fingerprint density at radius 2 is 2.12 bits per heavy atom. The second-order valence-corrected chi connectivity index (χ2v) is 7.17. The molecule has 5 nitrogen and oxygen atoms in total. The number of hydrogen-bond donors (Lipinski definition) is 1. The molecule has 1 aliphatic carbocycles. The second kappa shape index (κ2) is 7.70. The molecular weight excluding hydrogens is 347 g/mol. The Morgan fingerprint density at radius 1 is 1.36 bits per heavy atom. The van der Waals surface area contributed by atoms with Gasteiger partial charge in [-0.15, -0.1) is 0 Å². The highest BCUT2D eigenvalue weighted by Gasteiger charge is 2.46. The first kappa shape index (κ1) is 18.1. The van der Waals surface area contributed by atoms with E-state index in [1.165, 1.54) is 25.3 Å². The van der Waals surface area contributed by atoms with Crippen molar-refractivity contribution in [3.63, 3.8) is 0 Å². The first-order chi connectivity index (χ1) is 12.0. The number of carbonyl (C=O) groups excluding carboxylic acids is 2. The molecule has 1 saturated carbocycles. The van der Waals surface area contributed by atoms with Crippen LogP contribution in [-0.4, -0.2) is 42.5 Å². The lowest BCUT2D eigenvalue weighted by molar-refractivity contribution is -0.146. The smallest absolute Gasteiger partial charge is 0.323 e. The molecule has 7 heteroatoms. The van der Waals surface area contributed by atoms with Gasteiger partial charge in [-0.1, -0.05) is 24.4 Å². The number of ether oxygens (including phenoxy) is 1. The third kappa shape index (κ3) is 3.96. The molecule has 1 N–H and O–H groups in total. The molecule has 3 rings (SSSR count). The van der Waals surface area contributed by atoms with E-state index in [0.717, 1.165) is 32.1 Å². The minimum Gasteiger partial charge on any atom is -0.468 e. The van der Waals surface area contributed by atoms with Crippen molar-refractivity contribution in [1.29, 1.82) is 0 Å². The summed E-state index contributed by atoms with van der Waals surface area (Å²) >= 11 is 5.86. The Hall–Kier alpha value is -1.66. The van der Waals surface area contributed by atoms with Crippen molar-refractivity contribution in [2.75, 3.05) is 19.0 Å². The topological polar surface area (TPSA) is 58.6 Å². The van der Waals surface area contributed by atoms with E-state index in [9.17, 15) is 14.0 Å². The maximum absolute atomic E-state index is 13.8. The number of carbonyl (C=O) groups is 2. The average Bonchev–Trinajstić information content (AvgIpc) is 2.96. The van der Waals surface area contributed by atoms with Gasteiger partial charge >= 0.3 is 5.97 Å². The minimum absolute atomic E-state index is 0.0346. The van der Waals surface area contributed by atoms with Crippen LogP contribution in [0.5, 0.6) is 0 Å². The molecule has 1 aromatic carbocycles. The minimum atomic E-state index is -0.542. The number of benzene rings is 1. The third-order valence-electron chi connectivity index (χ3n) is 5.22. The summed E-state index contributed by atoms with van der Waals surface area (Å²) in [6.45, 7) is 0.0346. The molecule has 0 radical (unpaired) electrons. The van der Waals surface area contributed by atoms with E-state index in [1.807, 2.05) is 4.90 Å². The number of rotatable bonds is 4. The molecule has 136 valence electrons. The monoisotopic (exact) mass is 368 g/mol. The van der Waals surface area contributed by atoms with Crippen LogP contribution in [0.3, 0.4) is 0 Å². The molecule has 0 spiro atoms. The summed E-state index contributed by atoms with van der Waals surface area (Å²) in [4.78, 5) is 26.5. The van der Waals surface area contributed by atoms with E-state index in [-0.39, 0.29) is 30.2 Å². The summed E-state index contributed by atoms with van der Waals surface area (Å²) in [6.07, 6.45) is 5.01. The zero-order chi connectivity index (χ0) is 18.0. The Balaban J connectivity index is 1.72. The summed E-state index contributed by atoms with van der Waals surface area (Å²) < 4.78 is 18.7. The highest BCUT2D eigenvalue weighted by molar-refractivity contribution is 6.30. The zero-order valence-corrected chi connectivity index (χ0v) is 14.9. The number of halogens is 2. The summed E-state index contributed by atoms with van der Waals surface area (Å²) in [7, 11) is 1.36. The van der Waals surface area contributed by atoms with Gasteiger partial charge in [0.05, 0.1) is 19.3 Å². The lowest BCUT2D eigenvalue weighted by Crippen LogP contribution is -2.46. The quantitative estimate of drug-likeness (QED) is 0.829. The van der Waals surface area contributed by atoms with Crippen LogP contribution in [0.1, 0.15) is 32.1 Å². The number of hydrogen-bond acceptors (Lipinski definition) is 4. The number of amides is 1. The first-order valence-corrected chi connectivity index (χ1v) is 8.96. The van der Waals surface area contributed by atoms with Crippen molar-refractivity contribution in [2.24, 2.45) is 5.92 Å². The summed E-state index contributed by atoms with van der Waals surface area (Å²) in [5.41, 5.74) is 0.0477. The molecule has 1 aliphatic heterocycles. The molecule has 25 heavy (non-hydrogen) atoms. The Bertz CT molecular complexity index is 670. The van der Waals surface area contributed by atoms with Crippen molar-refractivity contribution in [1.82, 2.24) is 4.90 Å². The molecule has 1 saturated heterocycles. The van der Waals surface area contributed by atoms with Crippen LogP contribution in [0.2, 0.25) is 5.02 Å². The number of esters is 1. The van der Waals surface area contributed by atoms with Crippen LogP contribution in [0.4, 0.5) is 10.1 Å². The SMILES string of the molecule is COC(=O)[C@@H]1C[C@@H]2CCCC[C@H]2N1CC(=O)Nc1cc(Cl)ccc1F. The van der Waals surface area contributed by atoms with Gasteiger partial charge in [0, 0.05) is 11.1 Å². The number of anilines is 1. The van der Waals surface area contributed by atoms with Gasteiger partial charge in [-0.3, -0.25) is 14.5 Å². The molecule has 1 amide bonds.